The first-order chi connectivity index (χ1) is 12.2. The number of rotatable bonds is 4. The second-order valence-electron chi connectivity index (χ2n) is 8.93. The molecule has 2 heterocycles. The van der Waals surface area contributed by atoms with E-state index in [2.05, 4.69) is 38.3 Å². The van der Waals surface area contributed by atoms with Crippen LogP contribution in [0.5, 0.6) is 5.75 Å². The molecule has 5 nitrogen and oxygen atoms in total. The summed E-state index contributed by atoms with van der Waals surface area (Å²) < 4.78 is 11.3. The molecule has 5 heteroatoms. The minimum absolute atomic E-state index is 0.0129. The van der Waals surface area contributed by atoms with Gasteiger partial charge in [0.15, 0.2) is 0 Å². The molecule has 2 aliphatic heterocycles. The third kappa shape index (κ3) is 5.21. The highest BCUT2D eigenvalue weighted by Crippen LogP contribution is 2.28. The van der Waals surface area contributed by atoms with E-state index in [9.17, 15) is 4.79 Å². The lowest BCUT2D eigenvalue weighted by atomic mass is 9.79. The second kappa shape index (κ2) is 7.57. The van der Waals surface area contributed by atoms with Crippen molar-refractivity contribution >= 4 is 5.91 Å². The van der Waals surface area contributed by atoms with E-state index < -0.39 is 0 Å². The van der Waals surface area contributed by atoms with Crippen molar-refractivity contribution in [2.45, 2.75) is 76.6 Å². The van der Waals surface area contributed by atoms with E-state index in [0.29, 0.717) is 5.56 Å². The van der Waals surface area contributed by atoms with Gasteiger partial charge in [-0.15, -0.1) is 0 Å². The minimum atomic E-state index is -0.0129. The SMILES string of the molecule is CC1(C)CC(NC(=O)c2ccc(OC3CCOCC3)cc2)CC(C)(C)N1. The summed E-state index contributed by atoms with van der Waals surface area (Å²) in [5.41, 5.74) is 0.709. The fourth-order valence-corrected chi connectivity index (χ4v) is 4.36. The monoisotopic (exact) mass is 360 g/mol. The first kappa shape index (κ1) is 19.2. The van der Waals surface area contributed by atoms with Crippen molar-refractivity contribution in [2.75, 3.05) is 13.2 Å². The Morgan fingerprint density at radius 1 is 1.08 bits per heavy atom. The number of carbonyl (C=O) groups is 1. The highest BCUT2D eigenvalue weighted by Gasteiger charge is 2.38. The highest BCUT2D eigenvalue weighted by atomic mass is 16.5. The van der Waals surface area contributed by atoms with E-state index in [-0.39, 0.29) is 29.1 Å². The van der Waals surface area contributed by atoms with Crippen molar-refractivity contribution in [1.29, 1.82) is 0 Å². The summed E-state index contributed by atoms with van der Waals surface area (Å²) in [5, 5.41) is 6.86. The Hall–Kier alpha value is -1.59. The minimum Gasteiger partial charge on any atom is -0.490 e. The maximum absolute atomic E-state index is 12.6. The Kier molecular flexibility index (Phi) is 5.58. The number of hydrogen-bond acceptors (Lipinski definition) is 4. The molecule has 0 radical (unpaired) electrons. The maximum atomic E-state index is 12.6. The lowest BCUT2D eigenvalue weighted by molar-refractivity contribution is 0.0256. The quantitative estimate of drug-likeness (QED) is 0.865. The van der Waals surface area contributed by atoms with Gasteiger partial charge in [0.2, 0.25) is 0 Å². The smallest absolute Gasteiger partial charge is 0.251 e. The zero-order valence-corrected chi connectivity index (χ0v) is 16.4. The first-order valence-corrected chi connectivity index (χ1v) is 9.67. The van der Waals surface area contributed by atoms with Gasteiger partial charge in [0.05, 0.1) is 13.2 Å². The summed E-state index contributed by atoms with van der Waals surface area (Å²) in [6.07, 6.45) is 3.90. The van der Waals surface area contributed by atoms with Gasteiger partial charge in [-0.2, -0.15) is 0 Å². The number of amides is 1. The molecule has 2 aliphatic rings. The molecule has 1 aromatic carbocycles. The van der Waals surface area contributed by atoms with Crippen LogP contribution < -0.4 is 15.4 Å². The van der Waals surface area contributed by atoms with Crippen LogP contribution in [0.25, 0.3) is 0 Å². The van der Waals surface area contributed by atoms with Gasteiger partial charge in [-0.1, -0.05) is 0 Å². The Morgan fingerprint density at radius 3 is 2.23 bits per heavy atom. The zero-order valence-electron chi connectivity index (χ0n) is 16.4. The number of ether oxygens (including phenoxy) is 2. The second-order valence-corrected chi connectivity index (χ2v) is 8.93. The van der Waals surface area contributed by atoms with Crippen molar-refractivity contribution in [3.8, 4) is 5.75 Å². The summed E-state index contributed by atoms with van der Waals surface area (Å²) in [5.74, 6) is 0.804. The Bertz CT molecular complexity index is 603. The van der Waals surface area contributed by atoms with Gasteiger partial charge >= 0.3 is 0 Å². The lowest BCUT2D eigenvalue weighted by Gasteiger charge is -2.46. The van der Waals surface area contributed by atoms with Crippen molar-refractivity contribution < 1.29 is 14.3 Å². The van der Waals surface area contributed by atoms with E-state index in [1.54, 1.807) is 0 Å². The van der Waals surface area contributed by atoms with E-state index >= 15 is 0 Å². The van der Waals surface area contributed by atoms with Crippen LogP contribution in [-0.4, -0.2) is 42.3 Å². The number of carbonyl (C=O) groups excluding carboxylic acids is 1. The average Bonchev–Trinajstić information content (AvgIpc) is 2.53. The molecule has 2 fully saturated rings. The van der Waals surface area contributed by atoms with Crippen molar-refractivity contribution in [2.24, 2.45) is 0 Å². The Morgan fingerprint density at radius 2 is 1.65 bits per heavy atom. The first-order valence-electron chi connectivity index (χ1n) is 9.67. The van der Waals surface area contributed by atoms with E-state index in [1.165, 1.54) is 0 Å². The zero-order chi connectivity index (χ0) is 18.8. The largest absolute Gasteiger partial charge is 0.490 e. The van der Waals surface area contributed by atoms with Gasteiger partial charge in [-0.25, -0.2) is 0 Å². The molecule has 2 saturated heterocycles. The van der Waals surface area contributed by atoms with Gasteiger partial charge in [-0.3, -0.25) is 4.79 Å². The molecule has 1 amide bonds. The van der Waals surface area contributed by atoms with Crippen LogP contribution in [0.1, 0.15) is 63.7 Å². The number of nitrogens with one attached hydrogen (secondary N) is 2. The summed E-state index contributed by atoms with van der Waals surface area (Å²) >= 11 is 0. The van der Waals surface area contributed by atoms with Crippen LogP contribution >= 0.6 is 0 Å². The maximum Gasteiger partial charge on any atom is 0.251 e. The molecule has 0 bridgehead atoms. The molecule has 0 aromatic heterocycles. The van der Waals surface area contributed by atoms with Crippen LogP contribution in [0.3, 0.4) is 0 Å². The summed E-state index contributed by atoms with van der Waals surface area (Å²) in [6.45, 7) is 10.3. The molecule has 26 heavy (non-hydrogen) atoms. The third-order valence-electron chi connectivity index (χ3n) is 5.11. The van der Waals surface area contributed by atoms with Crippen LogP contribution in [0, 0.1) is 0 Å². The highest BCUT2D eigenvalue weighted by molar-refractivity contribution is 5.94. The van der Waals surface area contributed by atoms with Crippen LogP contribution in [-0.2, 0) is 4.74 Å². The molecule has 144 valence electrons. The average molecular weight is 360 g/mol. The fourth-order valence-electron chi connectivity index (χ4n) is 4.36. The summed E-state index contributed by atoms with van der Waals surface area (Å²) in [4.78, 5) is 12.6. The van der Waals surface area contributed by atoms with Crippen molar-refractivity contribution in [3.63, 3.8) is 0 Å². The molecule has 2 N–H and O–H groups in total. The molecule has 1 aromatic rings. The third-order valence-corrected chi connectivity index (χ3v) is 5.11. The molecule has 0 atom stereocenters. The molecule has 0 aliphatic carbocycles. The lowest BCUT2D eigenvalue weighted by Crippen LogP contribution is -2.62. The molecule has 3 rings (SSSR count). The Labute approximate surface area is 156 Å². The molecule has 0 unspecified atom stereocenters. The summed E-state index contributed by atoms with van der Waals surface area (Å²) in [7, 11) is 0. The van der Waals surface area contributed by atoms with Gasteiger partial charge < -0.3 is 20.1 Å². The fraction of sp³-hybridized carbons (Fsp3) is 0.667. The number of benzene rings is 1. The van der Waals surface area contributed by atoms with Crippen molar-refractivity contribution in [3.05, 3.63) is 29.8 Å². The molecule has 0 spiro atoms. The number of hydrogen-bond donors (Lipinski definition) is 2. The van der Waals surface area contributed by atoms with Crippen molar-refractivity contribution in [1.82, 2.24) is 10.6 Å². The van der Waals surface area contributed by atoms with Crippen LogP contribution in [0.4, 0.5) is 0 Å². The van der Waals surface area contributed by atoms with E-state index in [1.807, 2.05) is 24.3 Å². The Balaban J connectivity index is 1.57. The number of piperidine rings is 1. The summed E-state index contributed by atoms with van der Waals surface area (Å²) in [6, 6.07) is 7.65. The van der Waals surface area contributed by atoms with Gasteiger partial charge in [-0.05, 0) is 64.8 Å². The molecular formula is C21H32N2O3. The predicted octanol–water partition coefficient (Wildman–Crippen LogP) is 3.28. The topological polar surface area (TPSA) is 59.6 Å². The predicted molar refractivity (Wildman–Crippen MR) is 103 cm³/mol. The van der Waals surface area contributed by atoms with Crippen LogP contribution in [0.2, 0.25) is 0 Å². The van der Waals surface area contributed by atoms with E-state index in [4.69, 9.17) is 9.47 Å². The standard InChI is InChI=1S/C21H32N2O3/c1-20(2)13-16(14-21(3,4)23-20)22-19(24)15-5-7-17(8-6-15)26-18-9-11-25-12-10-18/h5-8,16,18,23H,9-14H2,1-4H3,(H,22,24). The van der Waals surface area contributed by atoms with E-state index in [0.717, 1.165) is 44.6 Å². The normalized spacial score (nSPS) is 23.4. The molecular weight excluding hydrogens is 328 g/mol. The van der Waals surface area contributed by atoms with Gasteiger partial charge in [0.25, 0.3) is 5.91 Å². The van der Waals surface area contributed by atoms with Crippen LogP contribution in [0.15, 0.2) is 24.3 Å². The van der Waals surface area contributed by atoms with Gasteiger partial charge in [0, 0.05) is 35.5 Å². The molecule has 0 saturated carbocycles. The van der Waals surface area contributed by atoms with Gasteiger partial charge in [0.1, 0.15) is 11.9 Å².